The van der Waals surface area contributed by atoms with Gasteiger partial charge >= 0.3 is 0 Å². The first-order chi connectivity index (χ1) is 8.86. The van der Waals surface area contributed by atoms with Crippen molar-refractivity contribution in [3.05, 3.63) is 28.7 Å². The van der Waals surface area contributed by atoms with Crippen molar-refractivity contribution < 1.29 is 0 Å². The maximum absolute atomic E-state index is 6.33. The molecule has 0 unspecified atom stereocenters. The zero-order chi connectivity index (χ0) is 14.2. The van der Waals surface area contributed by atoms with Crippen molar-refractivity contribution in [3.63, 3.8) is 0 Å². The minimum absolute atomic E-state index is 0.0619. The van der Waals surface area contributed by atoms with E-state index in [4.69, 9.17) is 11.6 Å². The molecule has 3 nitrogen and oxygen atoms in total. The molecule has 2 heterocycles. The molecule has 0 saturated carbocycles. The van der Waals surface area contributed by atoms with Crippen LogP contribution in [0.5, 0.6) is 0 Å². The summed E-state index contributed by atoms with van der Waals surface area (Å²) in [5, 5.41) is 5.18. The van der Waals surface area contributed by atoms with Crippen LogP contribution in [0.4, 0.5) is 0 Å². The Morgan fingerprint density at radius 1 is 1.21 bits per heavy atom. The second-order valence-corrected chi connectivity index (χ2v) is 6.46. The molecule has 4 heteroatoms. The van der Waals surface area contributed by atoms with Gasteiger partial charge in [0.15, 0.2) is 11.5 Å². The Balaban J connectivity index is 2.57. The molecule has 19 heavy (non-hydrogen) atoms. The average Bonchev–Trinajstić information content (AvgIpc) is 2.74. The van der Waals surface area contributed by atoms with Crippen LogP contribution in [-0.2, 0) is 5.41 Å². The highest BCUT2D eigenvalue weighted by Gasteiger charge is 2.19. The number of rotatable bonds is 3. The second kappa shape index (κ2) is 5.12. The summed E-state index contributed by atoms with van der Waals surface area (Å²) < 4.78 is 1.74. The fourth-order valence-electron chi connectivity index (χ4n) is 2.22. The van der Waals surface area contributed by atoms with E-state index in [2.05, 4.69) is 50.8 Å². The van der Waals surface area contributed by atoms with Gasteiger partial charge in [-0.05, 0) is 36.0 Å². The summed E-state index contributed by atoms with van der Waals surface area (Å²) in [7, 11) is 0. The molecule has 2 rings (SSSR count). The lowest BCUT2D eigenvalue weighted by molar-refractivity contribution is 0.589. The molecule has 0 aromatic carbocycles. The minimum atomic E-state index is 0.0619. The van der Waals surface area contributed by atoms with Gasteiger partial charge in [0, 0.05) is 5.92 Å². The summed E-state index contributed by atoms with van der Waals surface area (Å²) in [6, 6.07) is 4.07. The smallest absolute Gasteiger partial charge is 0.157 e. The third-order valence-corrected chi connectivity index (χ3v) is 3.90. The Labute approximate surface area is 120 Å². The minimum Gasteiger partial charge on any atom is -0.212 e. The first-order valence-electron chi connectivity index (χ1n) is 6.93. The van der Waals surface area contributed by atoms with Crippen molar-refractivity contribution in [2.45, 2.75) is 58.8 Å². The number of aromatic nitrogens is 3. The van der Waals surface area contributed by atoms with Gasteiger partial charge in [-0.15, -0.1) is 5.10 Å². The number of nitrogens with zero attached hydrogens (tertiary/aromatic N) is 3. The van der Waals surface area contributed by atoms with Crippen LogP contribution in [0.1, 0.15) is 64.8 Å². The van der Waals surface area contributed by atoms with Gasteiger partial charge in [-0.3, -0.25) is 0 Å². The van der Waals surface area contributed by atoms with E-state index < -0.39 is 0 Å². The van der Waals surface area contributed by atoms with E-state index in [0.717, 1.165) is 24.3 Å². The van der Waals surface area contributed by atoms with E-state index >= 15 is 0 Å². The molecule has 0 aliphatic carbocycles. The highest BCUT2D eigenvalue weighted by molar-refractivity contribution is 6.29. The normalized spacial score (nSPS) is 12.6. The fourth-order valence-corrected chi connectivity index (χ4v) is 2.46. The fraction of sp³-hybridized carbons (Fsp3) is 0.600. The Morgan fingerprint density at radius 2 is 1.84 bits per heavy atom. The Morgan fingerprint density at radius 3 is 2.37 bits per heavy atom. The summed E-state index contributed by atoms with van der Waals surface area (Å²) in [4.78, 5) is 4.66. The Hall–Kier alpha value is -1.09. The molecule has 0 radical (unpaired) electrons. The molecule has 0 saturated heterocycles. The quantitative estimate of drug-likeness (QED) is 0.770. The number of halogens is 1. The third kappa shape index (κ3) is 2.76. The van der Waals surface area contributed by atoms with Crippen LogP contribution in [-0.4, -0.2) is 14.6 Å². The molecular formula is C15H22ClN3. The van der Waals surface area contributed by atoms with E-state index in [-0.39, 0.29) is 5.41 Å². The van der Waals surface area contributed by atoms with Crippen molar-refractivity contribution in [3.8, 4) is 0 Å². The lowest BCUT2D eigenvalue weighted by atomic mass is 9.88. The number of hydrogen-bond donors (Lipinski definition) is 0. The molecule has 0 bridgehead atoms. The molecule has 0 aliphatic rings. The molecule has 0 aliphatic heterocycles. The summed E-state index contributed by atoms with van der Waals surface area (Å²) in [6.07, 6.45) is 2.11. The van der Waals surface area contributed by atoms with Crippen LogP contribution in [0, 0.1) is 0 Å². The molecule has 0 fully saturated rings. The van der Waals surface area contributed by atoms with Crippen molar-refractivity contribution >= 4 is 17.2 Å². The second-order valence-electron chi connectivity index (χ2n) is 6.07. The van der Waals surface area contributed by atoms with Gasteiger partial charge in [-0.1, -0.05) is 46.2 Å². The lowest BCUT2D eigenvalue weighted by Crippen LogP contribution is -2.11. The van der Waals surface area contributed by atoms with Crippen LogP contribution in [0.3, 0.4) is 0 Å². The lowest BCUT2D eigenvalue weighted by Gasteiger charge is -2.19. The van der Waals surface area contributed by atoms with Crippen molar-refractivity contribution in [2.24, 2.45) is 0 Å². The van der Waals surface area contributed by atoms with Gasteiger partial charge in [0.05, 0.1) is 0 Å². The zero-order valence-corrected chi connectivity index (χ0v) is 13.1. The van der Waals surface area contributed by atoms with E-state index in [9.17, 15) is 0 Å². The number of pyridine rings is 1. The molecule has 2 aromatic heterocycles. The van der Waals surface area contributed by atoms with E-state index in [0.29, 0.717) is 11.1 Å². The standard InChI is InChI=1S/C15H22ClN3/c1-6-10(7-2)14-17-13-9-11(15(3,4)5)8-12(16)19(13)18-14/h8-10H,6-7H2,1-5H3. The SMILES string of the molecule is CCC(CC)c1nc2cc(C(C)(C)C)cc(Cl)n2n1. The number of fused-ring (bicyclic) bond motifs is 1. The molecule has 0 atom stereocenters. The largest absolute Gasteiger partial charge is 0.212 e. The predicted octanol–water partition coefficient (Wildman–Crippen LogP) is 4.58. The van der Waals surface area contributed by atoms with E-state index in [1.165, 1.54) is 5.56 Å². The Kier molecular flexibility index (Phi) is 3.86. The van der Waals surface area contributed by atoms with Crippen LogP contribution in [0.25, 0.3) is 5.65 Å². The summed E-state index contributed by atoms with van der Waals surface area (Å²) in [6.45, 7) is 10.9. The monoisotopic (exact) mass is 279 g/mol. The molecule has 2 aromatic rings. The summed E-state index contributed by atoms with van der Waals surface area (Å²) in [5.41, 5.74) is 2.10. The molecule has 0 N–H and O–H groups in total. The average molecular weight is 280 g/mol. The van der Waals surface area contributed by atoms with Gasteiger partial charge in [0.25, 0.3) is 0 Å². The van der Waals surface area contributed by atoms with Gasteiger partial charge in [0.2, 0.25) is 0 Å². The predicted molar refractivity (Wildman–Crippen MR) is 80.0 cm³/mol. The molecule has 0 spiro atoms. The summed E-state index contributed by atoms with van der Waals surface area (Å²) in [5.74, 6) is 1.31. The molecule has 0 amide bonds. The zero-order valence-electron chi connectivity index (χ0n) is 12.4. The Bertz CT molecular complexity index is 577. The maximum atomic E-state index is 6.33. The highest BCUT2D eigenvalue weighted by atomic mass is 35.5. The van der Waals surface area contributed by atoms with Crippen molar-refractivity contribution in [1.82, 2.24) is 14.6 Å². The van der Waals surface area contributed by atoms with Crippen molar-refractivity contribution in [1.29, 1.82) is 0 Å². The van der Waals surface area contributed by atoms with Gasteiger partial charge in [-0.25, -0.2) is 9.50 Å². The first kappa shape index (κ1) is 14.3. The highest BCUT2D eigenvalue weighted by Crippen LogP contribution is 2.28. The van der Waals surface area contributed by atoms with Gasteiger partial charge in [-0.2, -0.15) is 0 Å². The van der Waals surface area contributed by atoms with Gasteiger partial charge in [0.1, 0.15) is 5.15 Å². The van der Waals surface area contributed by atoms with Gasteiger partial charge < -0.3 is 0 Å². The topological polar surface area (TPSA) is 30.2 Å². The van der Waals surface area contributed by atoms with Crippen molar-refractivity contribution in [2.75, 3.05) is 0 Å². The third-order valence-electron chi connectivity index (χ3n) is 3.63. The van der Waals surface area contributed by atoms with Crippen LogP contribution >= 0.6 is 11.6 Å². The van der Waals surface area contributed by atoms with Crippen LogP contribution in [0.2, 0.25) is 5.15 Å². The molecular weight excluding hydrogens is 258 g/mol. The van der Waals surface area contributed by atoms with E-state index in [1.54, 1.807) is 4.52 Å². The molecule has 104 valence electrons. The maximum Gasteiger partial charge on any atom is 0.157 e. The number of hydrogen-bond acceptors (Lipinski definition) is 2. The van der Waals surface area contributed by atoms with E-state index in [1.807, 2.05) is 6.07 Å². The summed E-state index contributed by atoms with van der Waals surface area (Å²) >= 11 is 6.33. The van der Waals surface area contributed by atoms with Crippen LogP contribution < -0.4 is 0 Å². The first-order valence-corrected chi connectivity index (χ1v) is 7.31. The van der Waals surface area contributed by atoms with Crippen LogP contribution in [0.15, 0.2) is 12.1 Å².